The summed E-state index contributed by atoms with van der Waals surface area (Å²) >= 11 is 0. The SMILES string of the molecule is CC[C@@H](C)[NH2+]CC(=O)c1c(C(C)C)[nH]n(-c2ccc([N+](=O)[O-])cc2)c1=O. The van der Waals surface area contributed by atoms with E-state index in [1.54, 1.807) is 0 Å². The second-order valence-electron chi connectivity index (χ2n) is 6.72. The Morgan fingerprint density at radius 1 is 1.27 bits per heavy atom. The number of hydrogen-bond donors (Lipinski definition) is 2. The van der Waals surface area contributed by atoms with Gasteiger partial charge in [-0.05, 0) is 31.4 Å². The molecule has 1 aromatic heterocycles. The van der Waals surface area contributed by atoms with Crippen LogP contribution in [0.4, 0.5) is 5.69 Å². The van der Waals surface area contributed by atoms with E-state index in [0.717, 1.165) is 6.42 Å². The third kappa shape index (κ3) is 4.08. The molecule has 8 heteroatoms. The van der Waals surface area contributed by atoms with Crippen LogP contribution in [0, 0.1) is 10.1 Å². The molecule has 1 heterocycles. The molecule has 0 fully saturated rings. The Labute approximate surface area is 151 Å². The molecule has 8 nitrogen and oxygen atoms in total. The van der Waals surface area contributed by atoms with Crippen molar-refractivity contribution in [1.82, 2.24) is 9.78 Å². The number of nitrogens with two attached hydrogens (primary N) is 1. The summed E-state index contributed by atoms with van der Waals surface area (Å²) in [6, 6.07) is 5.93. The van der Waals surface area contributed by atoms with Gasteiger partial charge in [0.05, 0.1) is 22.3 Å². The minimum atomic E-state index is -0.500. The number of H-pyrrole nitrogens is 1. The molecule has 1 atom stereocenters. The zero-order valence-electron chi connectivity index (χ0n) is 15.5. The third-order valence-corrected chi connectivity index (χ3v) is 4.44. The summed E-state index contributed by atoms with van der Waals surface area (Å²) < 4.78 is 1.27. The maximum Gasteiger partial charge on any atom is 0.282 e. The van der Waals surface area contributed by atoms with Gasteiger partial charge < -0.3 is 5.32 Å². The quantitative estimate of drug-likeness (QED) is 0.423. The van der Waals surface area contributed by atoms with Crippen LogP contribution in [0.15, 0.2) is 29.1 Å². The summed E-state index contributed by atoms with van der Waals surface area (Å²) in [5, 5.41) is 15.7. The van der Waals surface area contributed by atoms with Gasteiger partial charge >= 0.3 is 0 Å². The normalized spacial score (nSPS) is 12.3. The maximum atomic E-state index is 12.8. The van der Waals surface area contributed by atoms with Crippen molar-refractivity contribution >= 4 is 11.5 Å². The molecule has 0 spiro atoms. The topological polar surface area (TPSA) is 115 Å². The van der Waals surface area contributed by atoms with E-state index in [-0.39, 0.29) is 29.5 Å². The predicted molar refractivity (Wildman–Crippen MR) is 98.0 cm³/mol. The molecule has 140 valence electrons. The highest BCUT2D eigenvalue weighted by atomic mass is 16.6. The van der Waals surface area contributed by atoms with Crippen molar-refractivity contribution in [2.45, 2.75) is 46.1 Å². The van der Waals surface area contributed by atoms with E-state index < -0.39 is 10.5 Å². The van der Waals surface area contributed by atoms with Gasteiger partial charge in [0.2, 0.25) is 5.78 Å². The smallest absolute Gasteiger partial charge is 0.282 e. The molecule has 0 unspecified atom stereocenters. The lowest BCUT2D eigenvalue weighted by atomic mass is 10.0. The minimum Gasteiger partial charge on any atom is -0.338 e. The lowest BCUT2D eigenvalue weighted by molar-refractivity contribution is -0.675. The van der Waals surface area contributed by atoms with E-state index in [1.807, 2.05) is 33.0 Å². The molecule has 3 N–H and O–H groups in total. The van der Waals surface area contributed by atoms with Crippen molar-refractivity contribution in [1.29, 1.82) is 0 Å². The number of benzene rings is 1. The first-order chi connectivity index (χ1) is 12.3. The fourth-order valence-corrected chi connectivity index (χ4v) is 2.62. The zero-order chi connectivity index (χ0) is 19.4. The van der Waals surface area contributed by atoms with Crippen LogP contribution in [0.25, 0.3) is 5.69 Å². The van der Waals surface area contributed by atoms with E-state index in [2.05, 4.69) is 5.10 Å². The molecule has 0 radical (unpaired) electrons. The van der Waals surface area contributed by atoms with Gasteiger partial charge in [0, 0.05) is 12.1 Å². The Bertz CT molecular complexity index is 849. The molecule has 0 aliphatic heterocycles. The number of carbonyl (C=O) groups is 1. The molecular weight excluding hydrogens is 336 g/mol. The molecule has 0 saturated heterocycles. The Kier molecular flexibility index (Phi) is 6.10. The van der Waals surface area contributed by atoms with Gasteiger partial charge in [-0.25, -0.2) is 4.68 Å². The van der Waals surface area contributed by atoms with Gasteiger partial charge in [-0.1, -0.05) is 20.8 Å². The first kappa shape index (κ1) is 19.6. The number of carbonyl (C=O) groups excluding carboxylic acids is 1. The van der Waals surface area contributed by atoms with Crippen molar-refractivity contribution in [3.8, 4) is 5.69 Å². The van der Waals surface area contributed by atoms with Crippen LogP contribution in [0.2, 0.25) is 0 Å². The number of hydrogen-bond acceptors (Lipinski definition) is 4. The number of nitro groups is 1. The van der Waals surface area contributed by atoms with Crippen LogP contribution in [0.1, 0.15) is 56.1 Å². The van der Waals surface area contributed by atoms with Crippen LogP contribution in [0.3, 0.4) is 0 Å². The summed E-state index contributed by atoms with van der Waals surface area (Å²) in [6.07, 6.45) is 0.935. The van der Waals surface area contributed by atoms with Crippen LogP contribution >= 0.6 is 0 Å². The Morgan fingerprint density at radius 3 is 2.38 bits per heavy atom. The summed E-state index contributed by atoms with van der Waals surface area (Å²) in [4.78, 5) is 35.8. The standard InChI is InChI=1S/C18H24N4O4/c1-5-12(4)19-10-15(23)16-17(11(2)3)20-21(18(16)24)13-6-8-14(9-7-13)22(25)26/h6-9,11-12,19-20H,5,10H2,1-4H3/p+1/t12-/m1/s1. The number of nitro benzene ring substituents is 1. The summed E-state index contributed by atoms with van der Waals surface area (Å²) in [5.74, 6) is -0.250. The molecule has 1 aromatic carbocycles. The van der Waals surface area contributed by atoms with Crippen LogP contribution in [0.5, 0.6) is 0 Å². The molecule has 0 saturated carbocycles. The van der Waals surface area contributed by atoms with E-state index in [1.165, 1.54) is 28.9 Å². The number of nitrogens with zero attached hydrogens (tertiary/aromatic N) is 2. The Morgan fingerprint density at radius 2 is 1.88 bits per heavy atom. The van der Waals surface area contributed by atoms with E-state index >= 15 is 0 Å². The van der Waals surface area contributed by atoms with Crippen LogP contribution in [-0.4, -0.2) is 33.1 Å². The van der Waals surface area contributed by atoms with Gasteiger partial charge in [0.25, 0.3) is 11.2 Å². The fraction of sp³-hybridized carbons (Fsp3) is 0.444. The van der Waals surface area contributed by atoms with E-state index in [4.69, 9.17) is 0 Å². The first-order valence-corrected chi connectivity index (χ1v) is 8.72. The molecule has 2 aromatic rings. The second-order valence-corrected chi connectivity index (χ2v) is 6.72. The highest BCUT2D eigenvalue weighted by molar-refractivity contribution is 5.97. The molecule has 0 bridgehead atoms. The van der Waals surface area contributed by atoms with Gasteiger partial charge in [-0.2, -0.15) is 0 Å². The van der Waals surface area contributed by atoms with Crippen molar-refractivity contribution in [2.24, 2.45) is 0 Å². The highest BCUT2D eigenvalue weighted by Crippen LogP contribution is 2.18. The summed E-state index contributed by atoms with van der Waals surface area (Å²) in [5.41, 5.74) is 0.711. The molecule has 0 aliphatic carbocycles. The van der Waals surface area contributed by atoms with Gasteiger partial charge in [-0.3, -0.25) is 24.8 Å². The van der Waals surface area contributed by atoms with Gasteiger partial charge in [-0.15, -0.1) is 0 Å². The van der Waals surface area contributed by atoms with Crippen LogP contribution in [-0.2, 0) is 0 Å². The number of non-ortho nitro benzene ring substituents is 1. The van der Waals surface area contributed by atoms with Crippen LogP contribution < -0.4 is 10.9 Å². The Hall–Kier alpha value is -2.74. The van der Waals surface area contributed by atoms with Crippen molar-refractivity contribution in [3.63, 3.8) is 0 Å². The van der Waals surface area contributed by atoms with Gasteiger partial charge in [0.1, 0.15) is 12.1 Å². The monoisotopic (exact) mass is 361 g/mol. The summed E-state index contributed by atoms with van der Waals surface area (Å²) in [6.45, 7) is 8.09. The summed E-state index contributed by atoms with van der Waals surface area (Å²) in [7, 11) is 0. The molecule has 0 aliphatic rings. The zero-order valence-corrected chi connectivity index (χ0v) is 15.5. The van der Waals surface area contributed by atoms with Crippen molar-refractivity contribution < 1.29 is 15.0 Å². The number of Topliss-reactive ketones (excluding diaryl/α,β-unsaturated/α-hetero) is 1. The lowest BCUT2D eigenvalue weighted by Crippen LogP contribution is -2.90. The first-order valence-electron chi connectivity index (χ1n) is 8.72. The third-order valence-electron chi connectivity index (χ3n) is 4.44. The molecule has 2 rings (SSSR count). The highest BCUT2D eigenvalue weighted by Gasteiger charge is 2.25. The molecular formula is C18H25N4O4+. The van der Waals surface area contributed by atoms with Crippen molar-refractivity contribution in [2.75, 3.05) is 6.54 Å². The molecule has 0 amide bonds. The minimum absolute atomic E-state index is 0.0375. The number of aromatic nitrogens is 2. The number of quaternary nitrogens is 1. The maximum absolute atomic E-state index is 12.8. The number of rotatable bonds is 8. The Balaban J connectivity index is 2.42. The average molecular weight is 361 g/mol. The molecule has 26 heavy (non-hydrogen) atoms. The second kappa shape index (κ2) is 8.09. The largest absolute Gasteiger partial charge is 0.338 e. The number of ketones is 1. The number of aromatic amines is 1. The average Bonchev–Trinajstić information content (AvgIpc) is 2.97. The lowest BCUT2D eigenvalue weighted by Gasteiger charge is -2.08. The van der Waals surface area contributed by atoms with E-state index in [0.29, 0.717) is 17.4 Å². The van der Waals surface area contributed by atoms with Gasteiger partial charge in [0.15, 0.2) is 0 Å². The van der Waals surface area contributed by atoms with E-state index in [9.17, 15) is 19.7 Å². The van der Waals surface area contributed by atoms with Crippen molar-refractivity contribution in [3.05, 3.63) is 56.0 Å². The fourth-order valence-electron chi connectivity index (χ4n) is 2.62. The predicted octanol–water partition coefficient (Wildman–Crippen LogP) is 1.74. The number of nitrogens with one attached hydrogen (secondary N) is 1.